The van der Waals surface area contributed by atoms with Crippen LogP contribution >= 0.6 is 0 Å². The topological polar surface area (TPSA) is 84.6 Å². The van der Waals surface area contributed by atoms with Crippen LogP contribution in [-0.4, -0.2) is 30.3 Å². The second kappa shape index (κ2) is 5.93. The number of nitrogens with one attached hydrogen (secondary N) is 1. The van der Waals surface area contributed by atoms with Crippen molar-refractivity contribution in [3.8, 4) is 5.75 Å². The molecule has 5 heteroatoms. The number of ether oxygens (including phenoxy) is 1. The molecule has 104 valence electrons. The molecule has 19 heavy (non-hydrogen) atoms. The van der Waals surface area contributed by atoms with E-state index in [1.807, 2.05) is 6.92 Å². The fourth-order valence-electron chi connectivity index (χ4n) is 2.45. The number of carbonyl (C=O) groups is 1. The minimum atomic E-state index is -1.01. The van der Waals surface area contributed by atoms with Gasteiger partial charge in [0.05, 0.1) is 11.8 Å². The normalized spacial score (nSPS) is 17.9. The molecule has 4 N–H and O–H groups in total. The van der Waals surface area contributed by atoms with Gasteiger partial charge in [-0.25, -0.2) is 4.79 Å². The van der Waals surface area contributed by atoms with Crippen molar-refractivity contribution in [3.05, 3.63) is 23.8 Å². The molecule has 1 fully saturated rings. The number of aromatic carboxylic acids is 1. The first kappa shape index (κ1) is 13.7. The van der Waals surface area contributed by atoms with Crippen LogP contribution in [0.4, 0.5) is 5.69 Å². The van der Waals surface area contributed by atoms with E-state index in [2.05, 4.69) is 5.32 Å². The first-order chi connectivity index (χ1) is 9.09. The van der Waals surface area contributed by atoms with E-state index in [-0.39, 0.29) is 11.7 Å². The van der Waals surface area contributed by atoms with E-state index in [0.29, 0.717) is 17.4 Å². The highest BCUT2D eigenvalue weighted by Gasteiger charge is 2.24. The van der Waals surface area contributed by atoms with E-state index >= 15 is 0 Å². The highest BCUT2D eigenvalue weighted by molar-refractivity contribution is 5.93. The number of para-hydroxylation sites is 1. The number of carboxylic acid groups (broad SMARTS) is 1. The summed E-state index contributed by atoms with van der Waals surface area (Å²) in [6.45, 7) is 3.94. The summed E-state index contributed by atoms with van der Waals surface area (Å²) in [5, 5.41) is 12.5. The van der Waals surface area contributed by atoms with Gasteiger partial charge in [-0.05, 0) is 50.9 Å². The van der Waals surface area contributed by atoms with Crippen molar-refractivity contribution >= 4 is 11.7 Å². The standard InChI is InChI=1S/C14H20N2O3/c1-9(10-5-7-16-8-6-10)19-13-11(14(17)18)3-2-4-12(13)15/h2-4,9-10,16H,5-8,15H2,1H3,(H,17,18). The number of benzene rings is 1. The largest absolute Gasteiger partial charge is 0.487 e. The van der Waals surface area contributed by atoms with Crippen molar-refractivity contribution in [2.75, 3.05) is 18.8 Å². The van der Waals surface area contributed by atoms with E-state index < -0.39 is 5.97 Å². The van der Waals surface area contributed by atoms with Crippen molar-refractivity contribution in [1.29, 1.82) is 0 Å². The zero-order valence-corrected chi connectivity index (χ0v) is 11.1. The highest BCUT2D eigenvalue weighted by atomic mass is 16.5. The minimum Gasteiger partial charge on any atom is -0.487 e. The molecule has 1 aliphatic rings. The van der Waals surface area contributed by atoms with Gasteiger partial charge in [0.15, 0.2) is 5.75 Å². The maximum absolute atomic E-state index is 11.2. The molecule has 1 unspecified atom stereocenters. The molecule has 0 radical (unpaired) electrons. The minimum absolute atomic E-state index is 0.0371. The molecule has 1 heterocycles. The quantitative estimate of drug-likeness (QED) is 0.721. The number of nitrogen functional groups attached to an aromatic ring is 1. The summed E-state index contributed by atoms with van der Waals surface area (Å²) in [6.07, 6.45) is 2.04. The molecule has 0 bridgehead atoms. The molecular formula is C14H20N2O3. The van der Waals surface area contributed by atoms with Gasteiger partial charge in [0.25, 0.3) is 0 Å². The van der Waals surface area contributed by atoms with Crippen LogP contribution in [0.15, 0.2) is 18.2 Å². The molecule has 1 aliphatic heterocycles. The Morgan fingerprint density at radius 2 is 2.16 bits per heavy atom. The Morgan fingerprint density at radius 1 is 1.47 bits per heavy atom. The molecule has 2 rings (SSSR count). The van der Waals surface area contributed by atoms with Gasteiger partial charge < -0.3 is 20.9 Å². The first-order valence-corrected chi connectivity index (χ1v) is 6.58. The predicted octanol–water partition coefficient (Wildman–Crippen LogP) is 1.73. The Morgan fingerprint density at radius 3 is 2.79 bits per heavy atom. The average Bonchev–Trinajstić information content (AvgIpc) is 2.41. The molecule has 0 aliphatic carbocycles. The van der Waals surface area contributed by atoms with Gasteiger partial charge in [-0.3, -0.25) is 0 Å². The number of piperidine rings is 1. The van der Waals surface area contributed by atoms with Gasteiger partial charge in [-0.2, -0.15) is 0 Å². The van der Waals surface area contributed by atoms with Crippen LogP contribution < -0.4 is 15.8 Å². The Hall–Kier alpha value is -1.75. The molecule has 1 aromatic carbocycles. The summed E-state index contributed by atoms with van der Waals surface area (Å²) < 4.78 is 5.84. The lowest BCUT2D eigenvalue weighted by Crippen LogP contribution is -2.35. The summed E-state index contributed by atoms with van der Waals surface area (Å²) in [5.41, 5.74) is 6.34. The van der Waals surface area contributed by atoms with Crippen LogP contribution in [0.5, 0.6) is 5.75 Å². The molecule has 1 atom stereocenters. The maximum Gasteiger partial charge on any atom is 0.339 e. The summed E-state index contributed by atoms with van der Waals surface area (Å²) in [5.74, 6) is -0.289. The predicted molar refractivity (Wildman–Crippen MR) is 73.5 cm³/mol. The molecule has 5 nitrogen and oxygen atoms in total. The van der Waals surface area contributed by atoms with Crippen LogP contribution in [0, 0.1) is 5.92 Å². The van der Waals surface area contributed by atoms with Crippen LogP contribution in [0.3, 0.4) is 0 Å². The third-order valence-corrected chi connectivity index (χ3v) is 3.63. The second-order valence-electron chi connectivity index (χ2n) is 4.94. The van der Waals surface area contributed by atoms with E-state index in [4.69, 9.17) is 15.6 Å². The zero-order chi connectivity index (χ0) is 13.8. The van der Waals surface area contributed by atoms with Gasteiger partial charge >= 0.3 is 5.97 Å². The Balaban J connectivity index is 2.15. The van der Waals surface area contributed by atoms with Gasteiger partial charge in [0.2, 0.25) is 0 Å². The van der Waals surface area contributed by atoms with E-state index in [0.717, 1.165) is 25.9 Å². The van der Waals surface area contributed by atoms with Crippen molar-refractivity contribution in [3.63, 3.8) is 0 Å². The molecule has 1 saturated heterocycles. The van der Waals surface area contributed by atoms with Crippen LogP contribution in [0.1, 0.15) is 30.1 Å². The molecule has 1 aromatic rings. The van der Waals surface area contributed by atoms with Gasteiger partial charge in [-0.1, -0.05) is 6.07 Å². The summed E-state index contributed by atoms with van der Waals surface area (Å²) >= 11 is 0. The SMILES string of the molecule is CC(Oc1c(N)cccc1C(=O)O)C1CCNCC1. The number of anilines is 1. The highest BCUT2D eigenvalue weighted by Crippen LogP contribution is 2.30. The van der Waals surface area contributed by atoms with Gasteiger partial charge in [-0.15, -0.1) is 0 Å². The lowest BCUT2D eigenvalue weighted by molar-refractivity contribution is 0.0683. The number of hydrogen-bond donors (Lipinski definition) is 3. The third-order valence-electron chi connectivity index (χ3n) is 3.63. The Bertz CT molecular complexity index is 456. The number of hydrogen-bond acceptors (Lipinski definition) is 4. The molecule has 0 aromatic heterocycles. The average molecular weight is 264 g/mol. The molecule has 0 saturated carbocycles. The fourth-order valence-corrected chi connectivity index (χ4v) is 2.45. The van der Waals surface area contributed by atoms with Crippen molar-refractivity contribution < 1.29 is 14.6 Å². The zero-order valence-electron chi connectivity index (χ0n) is 11.1. The monoisotopic (exact) mass is 264 g/mol. The van der Waals surface area contributed by atoms with Gasteiger partial charge in [0.1, 0.15) is 5.56 Å². The Labute approximate surface area is 112 Å². The molecule has 0 spiro atoms. The number of rotatable bonds is 4. The Kier molecular flexibility index (Phi) is 4.27. The molecule has 0 amide bonds. The lowest BCUT2D eigenvalue weighted by atomic mass is 9.93. The first-order valence-electron chi connectivity index (χ1n) is 6.58. The smallest absolute Gasteiger partial charge is 0.339 e. The van der Waals surface area contributed by atoms with Gasteiger partial charge in [0, 0.05) is 0 Å². The second-order valence-corrected chi connectivity index (χ2v) is 4.94. The van der Waals surface area contributed by atoms with E-state index in [1.165, 1.54) is 6.07 Å². The fraction of sp³-hybridized carbons (Fsp3) is 0.500. The van der Waals surface area contributed by atoms with E-state index in [9.17, 15) is 4.79 Å². The summed E-state index contributed by atoms with van der Waals surface area (Å²) in [6, 6.07) is 4.81. The van der Waals surface area contributed by atoms with Crippen molar-refractivity contribution in [2.24, 2.45) is 5.92 Å². The van der Waals surface area contributed by atoms with Crippen LogP contribution in [0.25, 0.3) is 0 Å². The van der Waals surface area contributed by atoms with Crippen LogP contribution in [-0.2, 0) is 0 Å². The number of carboxylic acids is 1. The van der Waals surface area contributed by atoms with E-state index in [1.54, 1.807) is 12.1 Å². The van der Waals surface area contributed by atoms with Crippen molar-refractivity contribution in [1.82, 2.24) is 5.32 Å². The van der Waals surface area contributed by atoms with Crippen molar-refractivity contribution in [2.45, 2.75) is 25.9 Å². The summed E-state index contributed by atoms with van der Waals surface area (Å²) in [7, 11) is 0. The number of nitrogens with two attached hydrogens (primary N) is 1. The third kappa shape index (κ3) is 3.17. The lowest BCUT2D eigenvalue weighted by Gasteiger charge is -2.29. The summed E-state index contributed by atoms with van der Waals surface area (Å²) in [4.78, 5) is 11.2. The maximum atomic E-state index is 11.2. The molecular weight excluding hydrogens is 244 g/mol. The van der Waals surface area contributed by atoms with Crippen LogP contribution in [0.2, 0.25) is 0 Å².